The first-order valence-corrected chi connectivity index (χ1v) is 4.64. The molecule has 1 atom stereocenters. The summed E-state index contributed by atoms with van der Waals surface area (Å²) in [6.45, 7) is 3.66. The number of rotatable bonds is 3. The van der Waals surface area contributed by atoms with Crippen molar-refractivity contribution >= 4 is 0 Å². The zero-order valence-corrected chi connectivity index (χ0v) is 8.38. The molecule has 0 saturated carbocycles. The van der Waals surface area contributed by atoms with Crippen molar-refractivity contribution in [1.82, 2.24) is 19.5 Å². The van der Waals surface area contributed by atoms with E-state index >= 15 is 0 Å². The van der Waals surface area contributed by atoms with Crippen LogP contribution in [0, 0.1) is 0 Å². The number of nitrogens with one attached hydrogen (secondary N) is 2. The van der Waals surface area contributed by atoms with Gasteiger partial charge in [0, 0.05) is 18.6 Å². The third kappa shape index (κ3) is 1.72. The van der Waals surface area contributed by atoms with Crippen LogP contribution in [-0.4, -0.2) is 19.5 Å². The van der Waals surface area contributed by atoms with Crippen LogP contribution in [0.2, 0.25) is 0 Å². The Kier molecular flexibility index (Phi) is 2.55. The number of imidazole rings is 1. The predicted molar refractivity (Wildman–Crippen MR) is 58.2 cm³/mol. The van der Waals surface area contributed by atoms with Gasteiger partial charge in [0.05, 0.1) is 17.9 Å². The van der Waals surface area contributed by atoms with Crippen LogP contribution in [0.1, 0.15) is 11.6 Å². The summed E-state index contributed by atoms with van der Waals surface area (Å²) in [5.74, 6) is 0. The van der Waals surface area contributed by atoms with E-state index in [1.807, 2.05) is 0 Å². The Labute approximate surface area is 90.3 Å². The third-order valence-electron chi connectivity index (χ3n) is 2.24. The lowest BCUT2D eigenvalue weighted by atomic mass is 10.1. The topological polar surface area (TPSA) is 83.5 Å². The number of allylic oxidation sites excluding steroid dienone is 1. The molecule has 0 aromatic carbocycles. The van der Waals surface area contributed by atoms with E-state index in [0.717, 1.165) is 0 Å². The highest BCUT2D eigenvalue weighted by atomic mass is 16.2. The summed E-state index contributed by atoms with van der Waals surface area (Å²) in [6.07, 6.45) is 7.89. The van der Waals surface area contributed by atoms with Gasteiger partial charge in [0.25, 0.3) is 5.56 Å². The molecule has 2 rings (SSSR count). The van der Waals surface area contributed by atoms with Crippen molar-refractivity contribution < 1.29 is 0 Å². The van der Waals surface area contributed by atoms with Crippen molar-refractivity contribution in [3.05, 3.63) is 64.0 Å². The number of nitrogens with zero attached hydrogens (tertiary/aromatic N) is 2. The van der Waals surface area contributed by atoms with Gasteiger partial charge in [0.2, 0.25) is 0 Å². The van der Waals surface area contributed by atoms with Gasteiger partial charge in [-0.1, -0.05) is 6.08 Å². The van der Waals surface area contributed by atoms with Crippen LogP contribution in [0.4, 0.5) is 0 Å². The molecule has 0 aliphatic heterocycles. The van der Waals surface area contributed by atoms with E-state index in [-0.39, 0.29) is 6.04 Å². The van der Waals surface area contributed by atoms with E-state index in [0.29, 0.717) is 5.56 Å². The molecule has 2 heterocycles. The Bertz CT molecular complexity index is 594. The molecule has 0 bridgehead atoms. The van der Waals surface area contributed by atoms with Gasteiger partial charge in [-0.25, -0.2) is 9.78 Å². The zero-order chi connectivity index (χ0) is 11.5. The molecule has 0 saturated heterocycles. The predicted octanol–water partition coefficient (Wildman–Crippen LogP) is 0.0351. The fraction of sp³-hybridized carbons (Fsp3) is 0.100. The van der Waals surface area contributed by atoms with Crippen molar-refractivity contribution in [2.24, 2.45) is 0 Å². The van der Waals surface area contributed by atoms with Gasteiger partial charge in [-0.15, -0.1) is 6.58 Å². The Balaban J connectivity index is 2.54. The molecular formula is C10H10N4O2. The molecule has 2 aromatic heterocycles. The molecule has 1 unspecified atom stereocenters. The molecule has 6 nitrogen and oxygen atoms in total. The minimum absolute atomic E-state index is 0.344. The average molecular weight is 218 g/mol. The normalized spacial score (nSPS) is 12.2. The van der Waals surface area contributed by atoms with E-state index < -0.39 is 11.2 Å². The molecule has 2 aromatic rings. The van der Waals surface area contributed by atoms with Gasteiger partial charge in [-0.05, 0) is 0 Å². The van der Waals surface area contributed by atoms with Crippen molar-refractivity contribution in [3.63, 3.8) is 0 Å². The molecule has 0 fully saturated rings. The molecule has 6 heteroatoms. The first-order chi connectivity index (χ1) is 7.72. The van der Waals surface area contributed by atoms with Crippen molar-refractivity contribution in [2.75, 3.05) is 0 Å². The van der Waals surface area contributed by atoms with Crippen molar-refractivity contribution in [3.8, 4) is 0 Å². The van der Waals surface area contributed by atoms with Crippen LogP contribution < -0.4 is 11.2 Å². The summed E-state index contributed by atoms with van der Waals surface area (Å²) < 4.78 is 1.72. The number of aromatic amines is 2. The summed E-state index contributed by atoms with van der Waals surface area (Å²) >= 11 is 0. The van der Waals surface area contributed by atoms with E-state index in [1.54, 1.807) is 29.4 Å². The van der Waals surface area contributed by atoms with Crippen LogP contribution in [-0.2, 0) is 0 Å². The van der Waals surface area contributed by atoms with Gasteiger partial charge in [-0.3, -0.25) is 9.78 Å². The highest BCUT2D eigenvalue weighted by molar-refractivity contribution is 5.17. The maximum atomic E-state index is 11.6. The second-order valence-electron chi connectivity index (χ2n) is 3.22. The zero-order valence-electron chi connectivity index (χ0n) is 8.38. The molecule has 0 spiro atoms. The first-order valence-electron chi connectivity index (χ1n) is 4.64. The smallest absolute Gasteiger partial charge is 0.325 e. The highest BCUT2D eigenvalue weighted by Crippen LogP contribution is 2.13. The number of H-pyrrole nitrogens is 2. The molecule has 82 valence electrons. The fourth-order valence-electron chi connectivity index (χ4n) is 1.48. The lowest BCUT2D eigenvalue weighted by Gasteiger charge is -2.12. The Morgan fingerprint density at radius 1 is 1.50 bits per heavy atom. The highest BCUT2D eigenvalue weighted by Gasteiger charge is 2.13. The van der Waals surface area contributed by atoms with Crippen LogP contribution in [0.3, 0.4) is 0 Å². The summed E-state index contributed by atoms with van der Waals surface area (Å²) in [7, 11) is 0. The molecule has 0 amide bonds. The lowest BCUT2D eigenvalue weighted by Crippen LogP contribution is -2.27. The minimum Gasteiger partial charge on any atom is -0.326 e. The lowest BCUT2D eigenvalue weighted by molar-refractivity contribution is 0.684. The summed E-state index contributed by atoms with van der Waals surface area (Å²) in [5, 5.41) is 0. The summed E-state index contributed by atoms with van der Waals surface area (Å²) in [5.41, 5.74) is -0.544. The summed E-state index contributed by atoms with van der Waals surface area (Å²) in [4.78, 5) is 30.9. The molecular weight excluding hydrogens is 208 g/mol. The van der Waals surface area contributed by atoms with Crippen molar-refractivity contribution in [2.45, 2.75) is 6.04 Å². The summed E-state index contributed by atoms with van der Waals surface area (Å²) in [6, 6.07) is -0.344. The monoisotopic (exact) mass is 218 g/mol. The number of hydrogen-bond acceptors (Lipinski definition) is 3. The average Bonchev–Trinajstić information content (AvgIpc) is 2.75. The van der Waals surface area contributed by atoms with E-state index in [4.69, 9.17) is 0 Å². The minimum atomic E-state index is -0.526. The Morgan fingerprint density at radius 3 is 2.88 bits per heavy atom. The second-order valence-corrected chi connectivity index (χ2v) is 3.22. The largest absolute Gasteiger partial charge is 0.326 e. The van der Waals surface area contributed by atoms with E-state index in [2.05, 4.69) is 21.5 Å². The Morgan fingerprint density at radius 2 is 2.31 bits per heavy atom. The maximum absolute atomic E-state index is 11.6. The molecule has 0 aliphatic rings. The number of aromatic nitrogens is 4. The standard InChI is InChI=1S/C10H10N4O2/c1-2-8(14-4-3-11-6-14)7-5-12-10(16)13-9(7)15/h2-6,8H,1H2,(H2,12,13,15,16). The number of hydrogen-bond donors (Lipinski definition) is 2. The van der Waals surface area contributed by atoms with Gasteiger partial charge < -0.3 is 9.55 Å². The van der Waals surface area contributed by atoms with Crippen LogP contribution >= 0.6 is 0 Å². The van der Waals surface area contributed by atoms with Gasteiger partial charge in [-0.2, -0.15) is 0 Å². The van der Waals surface area contributed by atoms with Crippen molar-refractivity contribution in [1.29, 1.82) is 0 Å². The van der Waals surface area contributed by atoms with E-state index in [9.17, 15) is 9.59 Å². The Hall–Kier alpha value is -2.37. The van der Waals surface area contributed by atoms with Crippen LogP contribution in [0.15, 0.2) is 47.2 Å². The quantitative estimate of drug-likeness (QED) is 0.713. The van der Waals surface area contributed by atoms with Crippen LogP contribution in [0.25, 0.3) is 0 Å². The van der Waals surface area contributed by atoms with E-state index in [1.165, 1.54) is 6.20 Å². The fourth-order valence-corrected chi connectivity index (χ4v) is 1.48. The second kappa shape index (κ2) is 4.01. The SMILES string of the molecule is C=CC(c1c[nH]c(=O)[nH]c1=O)n1ccnc1. The van der Waals surface area contributed by atoms with Gasteiger partial charge in [0.15, 0.2) is 0 Å². The third-order valence-corrected chi connectivity index (χ3v) is 2.24. The molecule has 16 heavy (non-hydrogen) atoms. The molecule has 0 aliphatic carbocycles. The maximum Gasteiger partial charge on any atom is 0.325 e. The van der Waals surface area contributed by atoms with Crippen LogP contribution in [0.5, 0.6) is 0 Å². The molecule has 0 radical (unpaired) electrons. The van der Waals surface area contributed by atoms with Gasteiger partial charge >= 0.3 is 5.69 Å². The molecule has 2 N–H and O–H groups in total. The first kappa shape index (κ1) is 10.2. The van der Waals surface area contributed by atoms with Gasteiger partial charge in [0.1, 0.15) is 0 Å².